The van der Waals surface area contributed by atoms with Gasteiger partial charge in [-0.05, 0) is 36.6 Å². The van der Waals surface area contributed by atoms with E-state index >= 15 is 0 Å². The molecule has 0 unspecified atom stereocenters. The Morgan fingerprint density at radius 2 is 1.80 bits per heavy atom. The summed E-state index contributed by atoms with van der Waals surface area (Å²) in [5.41, 5.74) is 1.16. The van der Waals surface area contributed by atoms with Gasteiger partial charge in [0.05, 0.1) is 0 Å². The van der Waals surface area contributed by atoms with Crippen molar-refractivity contribution in [3.8, 4) is 0 Å². The van der Waals surface area contributed by atoms with E-state index in [0.717, 1.165) is 18.4 Å². The van der Waals surface area contributed by atoms with E-state index in [2.05, 4.69) is 20.6 Å². The summed E-state index contributed by atoms with van der Waals surface area (Å²) in [5.74, 6) is -0.0583. The molecule has 2 aromatic rings. The van der Waals surface area contributed by atoms with Gasteiger partial charge in [-0.15, -0.1) is 0 Å². The second kappa shape index (κ2) is 8.55. The minimum absolute atomic E-state index is 0.268. The highest BCUT2D eigenvalue weighted by Gasteiger charge is 2.14. The molecule has 5 nitrogen and oxygen atoms in total. The maximum atomic E-state index is 12.9. The monoisotopic (exact) mass is 342 g/mol. The lowest BCUT2D eigenvalue weighted by atomic mass is 10.1. The molecule has 0 spiro atoms. The highest BCUT2D eigenvalue weighted by molar-refractivity contribution is 5.92. The smallest absolute Gasteiger partial charge is 0.270 e. The Labute approximate surface area is 147 Å². The number of nitrogens with zero attached hydrogens (tertiary/aromatic N) is 2. The topological polar surface area (TPSA) is 66.9 Å². The fourth-order valence-corrected chi connectivity index (χ4v) is 3.04. The van der Waals surface area contributed by atoms with Gasteiger partial charge in [-0.3, -0.25) is 4.79 Å². The summed E-state index contributed by atoms with van der Waals surface area (Å²) in [5, 5.41) is 6.15. The number of halogens is 1. The number of hydrogen-bond acceptors (Lipinski definition) is 4. The molecule has 25 heavy (non-hydrogen) atoms. The zero-order chi connectivity index (χ0) is 17.5. The fraction of sp³-hybridized carbons (Fsp3) is 0.421. The summed E-state index contributed by atoms with van der Waals surface area (Å²) >= 11 is 0. The second-order valence-electron chi connectivity index (χ2n) is 6.41. The quantitative estimate of drug-likeness (QED) is 0.814. The van der Waals surface area contributed by atoms with Crippen LogP contribution in [0.25, 0.3) is 0 Å². The Morgan fingerprint density at radius 3 is 2.52 bits per heavy atom. The molecule has 3 rings (SSSR count). The number of nitrogens with one attached hydrogen (secondary N) is 2. The second-order valence-corrected chi connectivity index (χ2v) is 6.41. The third-order valence-electron chi connectivity index (χ3n) is 4.44. The third kappa shape index (κ3) is 5.24. The zero-order valence-electron chi connectivity index (χ0n) is 14.2. The molecule has 6 heteroatoms. The molecule has 0 atom stereocenters. The number of hydrogen-bond donors (Lipinski definition) is 2. The van der Waals surface area contributed by atoms with Crippen LogP contribution in [0.4, 0.5) is 10.3 Å². The first kappa shape index (κ1) is 17.3. The van der Waals surface area contributed by atoms with Crippen molar-refractivity contribution < 1.29 is 9.18 Å². The van der Waals surface area contributed by atoms with Gasteiger partial charge >= 0.3 is 0 Å². The molecular formula is C19H23FN4O. The standard InChI is InChI=1S/C19H23FN4O/c20-15-9-7-14(8-10-15)13-22-18(25)17-11-12-21-19(24-17)23-16-5-3-1-2-4-6-16/h7-12,16H,1-6,13H2,(H,22,25)(H,21,23,24). The predicted octanol–water partition coefficient (Wildman–Crippen LogP) is 3.68. The van der Waals surface area contributed by atoms with Gasteiger partial charge in [0.25, 0.3) is 5.91 Å². The maximum absolute atomic E-state index is 12.9. The van der Waals surface area contributed by atoms with E-state index in [4.69, 9.17) is 0 Å². The third-order valence-corrected chi connectivity index (χ3v) is 4.44. The lowest BCUT2D eigenvalue weighted by molar-refractivity contribution is 0.0946. The minimum atomic E-state index is -0.292. The summed E-state index contributed by atoms with van der Waals surface area (Å²) in [6.45, 7) is 0.328. The number of anilines is 1. The highest BCUT2D eigenvalue weighted by atomic mass is 19.1. The summed E-state index contributed by atoms with van der Waals surface area (Å²) in [7, 11) is 0. The molecule has 1 fully saturated rings. The zero-order valence-corrected chi connectivity index (χ0v) is 14.2. The highest BCUT2D eigenvalue weighted by Crippen LogP contribution is 2.19. The van der Waals surface area contributed by atoms with Crippen molar-refractivity contribution in [2.24, 2.45) is 0 Å². The fourth-order valence-electron chi connectivity index (χ4n) is 3.04. The molecule has 1 aromatic carbocycles. The Balaban J connectivity index is 1.58. The Morgan fingerprint density at radius 1 is 1.08 bits per heavy atom. The van der Waals surface area contributed by atoms with Gasteiger partial charge in [-0.1, -0.05) is 37.8 Å². The lowest BCUT2D eigenvalue weighted by Gasteiger charge is -2.16. The average Bonchev–Trinajstić information content (AvgIpc) is 2.90. The van der Waals surface area contributed by atoms with Crippen molar-refractivity contribution in [2.45, 2.75) is 51.1 Å². The Hall–Kier alpha value is -2.50. The van der Waals surface area contributed by atoms with Crippen LogP contribution in [0.1, 0.15) is 54.6 Å². The molecule has 1 heterocycles. The molecule has 0 aliphatic heterocycles. The maximum Gasteiger partial charge on any atom is 0.270 e. The van der Waals surface area contributed by atoms with Crippen LogP contribution in [0, 0.1) is 5.82 Å². The molecule has 1 amide bonds. The van der Waals surface area contributed by atoms with E-state index in [1.165, 1.54) is 37.8 Å². The molecule has 0 radical (unpaired) electrons. The van der Waals surface area contributed by atoms with Gasteiger partial charge in [-0.2, -0.15) is 0 Å². The molecule has 0 saturated heterocycles. The van der Waals surface area contributed by atoms with Crippen LogP contribution in [0.2, 0.25) is 0 Å². The number of benzene rings is 1. The largest absolute Gasteiger partial charge is 0.351 e. The number of carbonyl (C=O) groups excluding carboxylic acids is 1. The van der Waals surface area contributed by atoms with Crippen LogP contribution in [-0.2, 0) is 6.54 Å². The van der Waals surface area contributed by atoms with Crippen molar-refractivity contribution in [3.05, 3.63) is 53.6 Å². The SMILES string of the molecule is O=C(NCc1ccc(F)cc1)c1ccnc(NC2CCCCCC2)n1. The van der Waals surface area contributed by atoms with Crippen LogP contribution in [0.3, 0.4) is 0 Å². The summed E-state index contributed by atoms with van der Waals surface area (Å²) in [6, 6.07) is 8.02. The Kier molecular flexibility index (Phi) is 5.93. The number of carbonyl (C=O) groups is 1. The Bertz CT molecular complexity index is 697. The first-order valence-corrected chi connectivity index (χ1v) is 8.83. The average molecular weight is 342 g/mol. The van der Waals surface area contributed by atoms with E-state index in [-0.39, 0.29) is 11.7 Å². The van der Waals surface area contributed by atoms with Crippen LogP contribution >= 0.6 is 0 Å². The lowest BCUT2D eigenvalue weighted by Crippen LogP contribution is -2.25. The number of aromatic nitrogens is 2. The predicted molar refractivity (Wildman–Crippen MR) is 94.7 cm³/mol. The van der Waals surface area contributed by atoms with Gasteiger partial charge in [0.15, 0.2) is 0 Å². The van der Waals surface area contributed by atoms with Crippen LogP contribution in [-0.4, -0.2) is 21.9 Å². The normalized spacial score (nSPS) is 15.4. The van der Waals surface area contributed by atoms with E-state index < -0.39 is 0 Å². The van der Waals surface area contributed by atoms with Gasteiger partial charge < -0.3 is 10.6 Å². The van der Waals surface area contributed by atoms with Crippen LogP contribution in [0.5, 0.6) is 0 Å². The van der Waals surface area contributed by atoms with Crippen molar-refractivity contribution >= 4 is 11.9 Å². The van der Waals surface area contributed by atoms with Gasteiger partial charge in [0.1, 0.15) is 11.5 Å². The molecule has 132 valence electrons. The number of amides is 1. The van der Waals surface area contributed by atoms with Crippen molar-refractivity contribution in [3.63, 3.8) is 0 Å². The molecule has 2 N–H and O–H groups in total. The van der Waals surface area contributed by atoms with Crippen molar-refractivity contribution in [1.29, 1.82) is 0 Å². The van der Waals surface area contributed by atoms with Gasteiger partial charge in [0.2, 0.25) is 5.95 Å². The first-order valence-electron chi connectivity index (χ1n) is 8.83. The first-order chi connectivity index (χ1) is 12.2. The molecular weight excluding hydrogens is 319 g/mol. The van der Waals surface area contributed by atoms with E-state index in [1.807, 2.05) is 0 Å². The summed E-state index contributed by atoms with van der Waals surface area (Å²) in [6.07, 6.45) is 8.83. The molecule has 1 aromatic heterocycles. The molecule has 1 aliphatic carbocycles. The van der Waals surface area contributed by atoms with Crippen molar-refractivity contribution in [1.82, 2.24) is 15.3 Å². The van der Waals surface area contributed by atoms with E-state index in [9.17, 15) is 9.18 Å². The van der Waals surface area contributed by atoms with Gasteiger partial charge in [-0.25, -0.2) is 14.4 Å². The minimum Gasteiger partial charge on any atom is -0.351 e. The summed E-state index contributed by atoms with van der Waals surface area (Å²) < 4.78 is 12.9. The van der Waals surface area contributed by atoms with E-state index in [0.29, 0.717) is 24.2 Å². The number of rotatable bonds is 5. The van der Waals surface area contributed by atoms with Crippen molar-refractivity contribution in [2.75, 3.05) is 5.32 Å². The molecule has 1 aliphatic rings. The molecule has 1 saturated carbocycles. The van der Waals surface area contributed by atoms with E-state index in [1.54, 1.807) is 24.4 Å². The summed E-state index contributed by atoms with van der Waals surface area (Å²) in [4.78, 5) is 20.8. The van der Waals surface area contributed by atoms with Crippen LogP contribution < -0.4 is 10.6 Å². The van der Waals surface area contributed by atoms with Gasteiger partial charge in [0, 0.05) is 18.8 Å². The van der Waals surface area contributed by atoms with Crippen LogP contribution in [0.15, 0.2) is 36.5 Å². The molecule has 0 bridgehead atoms.